The summed E-state index contributed by atoms with van der Waals surface area (Å²) >= 11 is 1.46. The van der Waals surface area contributed by atoms with Gasteiger partial charge in [0.15, 0.2) is 15.0 Å². The third-order valence-corrected chi connectivity index (χ3v) is 8.72. The largest absolute Gasteiger partial charge is 0.325 e. The van der Waals surface area contributed by atoms with Crippen LogP contribution >= 0.6 is 11.8 Å². The molecule has 1 fully saturated rings. The minimum Gasteiger partial charge on any atom is -0.325 e. The smallest absolute Gasteiger partial charge is 0.244 e. The van der Waals surface area contributed by atoms with E-state index in [1.807, 2.05) is 68.1 Å². The first-order chi connectivity index (χ1) is 14.2. The number of aliphatic imine (C=N–C) groups is 1. The lowest BCUT2D eigenvalue weighted by Crippen LogP contribution is -2.36. The van der Waals surface area contributed by atoms with Crippen LogP contribution in [0.25, 0.3) is 0 Å². The van der Waals surface area contributed by atoms with Crippen LogP contribution in [0.4, 0.5) is 11.4 Å². The van der Waals surface area contributed by atoms with E-state index in [2.05, 4.69) is 5.32 Å². The standard InChI is InChI=1S/C22H25N3O3S2/c1-14-4-7-17(8-5-14)23-21(26)11-25(18-9-6-15(2)16(3)10-18)22-24-19-12-30(27,28)13-20(19)29-22/h4-10,19-20H,11-13H2,1-3H3,(H,23,26)/t19-,20+/m0/s1. The van der Waals surface area contributed by atoms with Gasteiger partial charge in [0.25, 0.3) is 0 Å². The highest BCUT2D eigenvalue weighted by atomic mass is 32.2. The fraction of sp³-hybridized carbons (Fsp3) is 0.364. The molecule has 0 aromatic heterocycles. The summed E-state index contributed by atoms with van der Waals surface area (Å²) in [6.45, 7) is 6.19. The van der Waals surface area contributed by atoms with Crippen LogP contribution < -0.4 is 10.2 Å². The van der Waals surface area contributed by atoms with Crippen molar-refractivity contribution in [2.24, 2.45) is 4.99 Å². The SMILES string of the molecule is Cc1ccc(NC(=O)CN(C2=N[C@H]3CS(=O)(=O)C[C@H]3S2)c2ccc(C)c(C)c2)cc1. The number of sulfone groups is 1. The molecule has 1 amide bonds. The van der Waals surface area contributed by atoms with Gasteiger partial charge in [0.2, 0.25) is 5.91 Å². The Morgan fingerprint density at radius 1 is 1.10 bits per heavy atom. The Labute approximate surface area is 181 Å². The average Bonchev–Trinajstić information content (AvgIpc) is 3.17. The highest BCUT2D eigenvalue weighted by Gasteiger charge is 2.44. The van der Waals surface area contributed by atoms with Gasteiger partial charge in [0.1, 0.15) is 6.54 Å². The van der Waals surface area contributed by atoms with Gasteiger partial charge in [-0.1, -0.05) is 35.5 Å². The van der Waals surface area contributed by atoms with Gasteiger partial charge in [-0.25, -0.2) is 8.42 Å². The zero-order chi connectivity index (χ0) is 21.5. The molecule has 0 aliphatic carbocycles. The molecule has 0 radical (unpaired) electrons. The molecular weight excluding hydrogens is 418 g/mol. The fourth-order valence-corrected chi connectivity index (χ4v) is 7.40. The maximum atomic E-state index is 12.8. The normalized spacial score (nSPS) is 21.8. The molecule has 158 valence electrons. The van der Waals surface area contributed by atoms with Crippen LogP contribution in [0.15, 0.2) is 47.5 Å². The predicted molar refractivity (Wildman–Crippen MR) is 124 cm³/mol. The van der Waals surface area contributed by atoms with Gasteiger partial charge in [-0.3, -0.25) is 9.79 Å². The average molecular weight is 444 g/mol. The Kier molecular flexibility index (Phi) is 5.63. The molecule has 8 heteroatoms. The summed E-state index contributed by atoms with van der Waals surface area (Å²) in [6, 6.07) is 13.5. The van der Waals surface area contributed by atoms with Crippen LogP contribution in [0.1, 0.15) is 16.7 Å². The maximum absolute atomic E-state index is 12.8. The number of aryl methyl sites for hydroxylation is 3. The number of nitrogens with one attached hydrogen (secondary N) is 1. The molecule has 1 saturated heterocycles. The third-order valence-electron chi connectivity index (χ3n) is 5.48. The summed E-state index contributed by atoms with van der Waals surface area (Å²) in [5.74, 6) is 0.0842. The molecule has 0 saturated carbocycles. The summed E-state index contributed by atoms with van der Waals surface area (Å²) in [6.07, 6.45) is 0. The first-order valence-corrected chi connectivity index (χ1v) is 12.6. The summed E-state index contributed by atoms with van der Waals surface area (Å²) in [5.41, 5.74) is 5.05. The molecule has 6 nitrogen and oxygen atoms in total. The number of thioether (sulfide) groups is 1. The van der Waals surface area contributed by atoms with E-state index >= 15 is 0 Å². The van der Waals surface area contributed by atoms with Crippen LogP contribution in [-0.2, 0) is 14.6 Å². The van der Waals surface area contributed by atoms with Crippen LogP contribution in [0.3, 0.4) is 0 Å². The molecule has 2 heterocycles. The number of hydrogen-bond acceptors (Lipinski definition) is 6. The summed E-state index contributed by atoms with van der Waals surface area (Å²) < 4.78 is 23.8. The maximum Gasteiger partial charge on any atom is 0.244 e. The van der Waals surface area contributed by atoms with Crippen molar-refractivity contribution in [1.82, 2.24) is 0 Å². The number of nitrogens with zero attached hydrogens (tertiary/aromatic N) is 2. The van der Waals surface area contributed by atoms with E-state index in [9.17, 15) is 13.2 Å². The van der Waals surface area contributed by atoms with E-state index in [1.54, 1.807) is 0 Å². The van der Waals surface area contributed by atoms with E-state index in [4.69, 9.17) is 4.99 Å². The Balaban J connectivity index is 1.58. The lowest BCUT2D eigenvalue weighted by Gasteiger charge is -2.25. The quantitative estimate of drug-likeness (QED) is 0.784. The third kappa shape index (κ3) is 4.54. The minimum absolute atomic E-state index is 0.0702. The number of carbonyl (C=O) groups excluding carboxylic acids is 1. The molecule has 1 N–H and O–H groups in total. The zero-order valence-corrected chi connectivity index (χ0v) is 18.9. The molecule has 0 unspecified atom stereocenters. The number of fused-ring (bicyclic) bond motifs is 1. The highest BCUT2D eigenvalue weighted by molar-refractivity contribution is 8.15. The Bertz CT molecular complexity index is 1110. The Morgan fingerprint density at radius 3 is 2.50 bits per heavy atom. The molecule has 30 heavy (non-hydrogen) atoms. The van der Waals surface area contributed by atoms with Gasteiger partial charge < -0.3 is 10.2 Å². The van der Waals surface area contributed by atoms with Crippen molar-refractivity contribution in [3.05, 3.63) is 59.2 Å². The molecule has 0 spiro atoms. The first-order valence-electron chi connectivity index (χ1n) is 9.86. The van der Waals surface area contributed by atoms with Crippen molar-refractivity contribution >= 4 is 44.0 Å². The molecule has 2 aromatic carbocycles. The summed E-state index contributed by atoms with van der Waals surface area (Å²) in [4.78, 5) is 19.4. The number of carbonyl (C=O) groups is 1. The van der Waals surface area contributed by atoms with Crippen LogP contribution in [-0.4, -0.2) is 48.8 Å². The number of amides is 1. The first kappa shape index (κ1) is 20.9. The molecule has 0 bridgehead atoms. The van der Waals surface area contributed by atoms with Crippen LogP contribution in [0.5, 0.6) is 0 Å². The Hall–Kier alpha value is -2.32. The summed E-state index contributed by atoms with van der Waals surface area (Å²) in [5, 5.41) is 3.58. The highest BCUT2D eigenvalue weighted by Crippen LogP contribution is 2.37. The van der Waals surface area contributed by atoms with Gasteiger partial charge in [0, 0.05) is 16.6 Å². The van der Waals surface area contributed by atoms with E-state index in [0.29, 0.717) is 5.17 Å². The van der Waals surface area contributed by atoms with Gasteiger partial charge in [-0.15, -0.1) is 0 Å². The molecule has 4 rings (SSSR count). The predicted octanol–water partition coefficient (Wildman–Crippen LogP) is 3.33. The molecular formula is C22H25N3O3S2. The number of amidine groups is 1. The second-order valence-electron chi connectivity index (χ2n) is 7.98. The van der Waals surface area contributed by atoms with E-state index in [-0.39, 0.29) is 35.2 Å². The molecule has 2 atom stereocenters. The molecule has 2 aromatic rings. The fourth-order valence-electron chi connectivity index (χ4n) is 3.61. The topological polar surface area (TPSA) is 78.8 Å². The number of anilines is 2. The monoisotopic (exact) mass is 443 g/mol. The molecule has 2 aliphatic rings. The van der Waals surface area contributed by atoms with Gasteiger partial charge >= 0.3 is 0 Å². The lowest BCUT2D eigenvalue weighted by atomic mass is 10.1. The number of hydrogen-bond donors (Lipinski definition) is 1. The minimum atomic E-state index is -3.02. The van der Waals surface area contributed by atoms with Gasteiger partial charge in [0.05, 0.1) is 17.5 Å². The van der Waals surface area contributed by atoms with Gasteiger partial charge in [-0.05, 0) is 56.2 Å². The van der Waals surface area contributed by atoms with E-state index in [1.165, 1.54) is 17.3 Å². The van der Waals surface area contributed by atoms with Gasteiger partial charge in [-0.2, -0.15) is 0 Å². The van der Waals surface area contributed by atoms with Crippen molar-refractivity contribution in [3.8, 4) is 0 Å². The Morgan fingerprint density at radius 2 is 1.83 bits per heavy atom. The number of benzene rings is 2. The summed E-state index contributed by atoms with van der Waals surface area (Å²) in [7, 11) is -3.02. The van der Waals surface area contributed by atoms with E-state index < -0.39 is 9.84 Å². The second-order valence-corrected chi connectivity index (χ2v) is 11.3. The van der Waals surface area contributed by atoms with Crippen molar-refractivity contribution in [1.29, 1.82) is 0 Å². The lowest BCUT2D eigenvalue weighted by molar-refractivity contribution is -0.114. The zero-order valence-electron chi connectivity index (χ0n) is 17.3. The molecule has 2 aliphatic heterocycles. The van der Waals surface area contributed by atoms with Crippen molar-refractivity contribution < 1.29 is 13.2 Å². The van der Waals surface area contributed by atoms with Crippen molar-refractivity contribution in [2.45, 2.75) is 32.1 Å². The van der Waals surface area contributed by atoms with Crippen molar-refractivity contribution in [2.75, 3.05) is 28.3 Å². The van der Waals surface area contributed by atoms with E-state index in [0.717, 1.165) is 22.5 Å². The van der Waals surface area contributed by atoms with Crippen LogP contribution in [0, 0.1) is 20.8 Å². The number of rotatable bonds is 4. The van der Waals surface area contributed by atoms with Crippen LogP contribution in [0.2, 0.25) is 0 Å². The van der Waals surface area contributed by atoms with Crippen molar-refractivity contribution in [3.63, 3.8) is 0 Å². The second kappa shape index (κ2) is 8.07.